The van der Waals surface area contributed by atoms with E-state index in [0.29, 0.717) is 6.04 Å². The highest BCUT2D eigenvalue weighted by Gasteiger charge is 2.29. The highest BCUT2D eigenvalue weighted by molar-refractivity contribution is 4.84. The fourth-order valence-corrected chi connectivity index (χ4v) is 2.82. The molecular formula is C12H25N. The largest absolute Gasteiger partial charge is 0.327 e. The Bertz CT molecular complexity index is 140. The molecule has 1 aliphatic carbocycles. The van der Waals surface area contributed by atoms with Crippen molar-refractivity contribution in [3.63, 3.8) is 0 Å². The topological polar surface area (TPSA) is 26.0 Å². The monoisotopic (exact) mass is 183 g/mol. The molecule has 0 saturated heterocycles. The lowest BCUT2D eigenvalue weighted by Gasteiger charge is -2.26. The Morgan fingerprint density at radius 3 is 2.23 bits per heavy atom. The van der Waals surface area contributed by atoms with Gasteiger partial charge < -0.3 is 5.73 Å². The highest BCUT2D eigenvalue weighted by atomic mass is 14.7. The van der Waals surface area contributed by atoms with Crippen LogP contribution < -0.4 is 5.73 Å². The van der Waals surface area contributed by atoms with Gasteiger partial charge in [-0.3, -0.25) is 0 Å². The molecule has 0 aliphatic heterocycles. The van der Waals surface area contributed by atoms with Crippen LogP contribution in [-0.4, -0.2) is 6.04 Å². The van der Waals surface area contributed by atoms with E-state index in [1.165, 1.54) is 32.1 Å². The van der Waals surface area contributed by atoms with E-state index in [-0.39, 0.29) is 0 Å². The van der Waals surface area contributed by atoms with Gasteiger partial charge in [-0.1, -0.05) is 40.0 Å². The van der Waals surface area contributed by atoms with E-state index < -0.39 is 0 Å². The van der Waals surface area contributed by atoms with Crippen molar-refractivity contribution in [2.45, 2.75) is 58.9 Å². The Labute approximate surface area is 83.1 Å². The van der Waals surface area contributed by atoms with Gasteiger partial charge >= 0.3 is 0 Å². The molecule has 0 bridgehead atoms. The third-order valence-corrected chi connectivity index (χ3v) is 3.87. The molecule has 0 aromatic carbocycles. The molecule has 0 spiro atoms. The van der Waals surface area contributed by atoms with Gasteiger partial charge in [0.2, 0.25) is 0 Å². The maximum Gasteiger partial charge on any atom is 0.00955 e. The Balaban J connectivity index is 2.41. The van der Waals surface area contributed by atoms with Crippen molar-refractivity contribution in [3.8, 4) is 0 Å². The predicted molar refractivity (Wildman–Crippen MR) is 58.6 cm³/mol. The molecule has 0 heterocycles. The second kappa shape index (κ2) is 4.99. The van der Waals surface area contributed by atoms with Crippen LogP contribution in [0.3, 0.4) is 0 Å². The molecule has 1 saturated carbocycles. The second-order valence-corrected chi connectivity index (χ2v) is 4.83. The van der Waals surface area contributed by atoms with Gasteiger partial charge in [0.25, 0.3) is 0 Å². The number of hydrogen-bond acceptors (Lipinski definition) is 1. The van der Waals surface area contributed by atoms with Gasteiger partial charge in [-0.2, -0.15) is 0 Å². The number of nitrogens with two attached hydrogens (primary N) is 1. The molecule has 3 unspecified atom stereocenters. The normalized spacial score (nSPS) is 31.2. The summed E-state index contributed by atoms with van der Waals surface area (Å²) in [6.45, 7) is 6.90. The van der Waals surface area contributed by atoms with Crippen LogP contribution in [0.15, 0.2) is 0 Å². The maximum atomic E-state index is 6.31. The smallest absolute Gasteiger partial charge is 0.00955 e. The van der Waals surface area contributed by atoms with E-state index >= 15 is 0 Å². The quantitative estimate of drug-likeness (QED) is 0.711. The molecule has 78 valence electrons. The summed E-state index contributed by atoms with van der Waals surface area (Å²) in [7, 11) is 0. The summed E-state index contributed by atoms with van der Waals surface area (Å²) in [4.78, 5) is 0. The first-order valence-corrected chi connectivity index (χ1v) is 5.94. The van der Waals surface area contributed by atoms with Crippen LogP contribution in [0.2, 0.25) is 0 Å². The van der Waals surface area contributed by atoms with Crippen LogP contribution in [0, 0.1) is 17.8 Å². The standard InChI is InChI=1S/C12H25N/c1-4-10(5-2)12(13)11-7-6-9(3)8-11/h9-12H,4-8,13H2,1-3H3. The van der Waals surface area contributed by atoms with Crippen LogP contribution in [0.4, 0.5) is 0 Å². The van der Waals surface area contributed by atoms with Gasteiger partial charge in [0, 0.05) is 6.04 Å². The molecule has 1 heteroatoms. The molecule has 1 nitrogen and oxygen atoms in total. The van der Waals surface area contributed by atoms with Crippen molar-refractivity contribution in [1.29, 1.82) is 0 Å². The lowest BCUT2D eigenvalue weighted by atomic mass is 9.84. The van der Waals surface area contributed by atoms with Gasteiger partial charge in [0.15, 0.2) is 0 Å². The Morgan fingerprint density at radius 2 is 1.85 bits per heavy atom. The van der Waals surface area contributed by atoms with Crippen LogP contribution in [0.1, 0.15) is 52.9 Å². The molecule has 1 rings (SSSR count). The van der Waals surface area contributed by atoms with Crippen molar-refractivity contribution in [2.24, 2.45) is 23.5 Å². The lowest BCUT2D eigenvalue weighted by molar-refractivity contribution is 0.292. The van der Waals surface area contributed by atoms with E-state index in [1.807, 2.05) is 0 Å². The minimum Gasteiger partial charge on any atom is -0.327 e. The van der Waals surface area contributed by atoms with Crippen LogP contribution in [0.5, 0.6) is 0 Å². The van der Waals surface area contributed by atoms with Crippen molar-refractivity contribution in [2.75, 3.05) is 0 Å². The molecule has 2 N–H and O–H groups in total. The summed E-state index contributed by atoms with van der Waals surface area (Å²) in [5.74, 6) is 2.50. The fraction of sp³-hybridized carbons (Fsp3) is 1.00. The molecule has 1 aliphatic rings. The van der Waals surface area contributed by atoms with Crippen LogP contribution in [0.25, 0.3) is 0 Å². The summed E-state index contributed by atoms with van der Waals surface area (Å²) in [5, 5.41) is 0. The summed E-state index contributed by atoms with van der Waals surface area (Å²) in [6.07, 6.45) is 6.65. The Kier molecular flexibility index (Phi) is 4.24. The number of rotatable bonds is 4. The van der Waals surface area contributed by atoms with Crippen molar-refractivity contribution in [3.05, 3.63) is 0 Å². The highest BCUT2D eigenvalue weighted by Crippen LogP contribution is 2.35. The van der Waals surface area contributed by atoms with Crippen molar-refractivity contribution >= 4 is 0 Å². The molecule has 0 radical (unpaired) electrons. The SMILES string of the molecule is CCC(CC)C(N)C1CCC(C)C1. The predicted octanol–water partition coefficient (Wildman–Crippen LogP) is 3.19. The minimum atomic E-state index is 0.472. The molecule has 3 atom stereocenters. The van der Waals surface area contributed by atoms with Gasteiger partial charge in [0.05, 0.1) is 0 Å². The van der Waals surface area contributed by atoms with Gasteiger partial charge in [-0.25, -0.2) is 0 Å². The fourth-order valence-electron chi connectivity index (χ4n) is 2.82. The summed E-state index contributed by atoms with van der Waals surface area (Å²) < 4.78 is 0. The van der Waals surface area contributed by atoms with Gasteiger partial charge in [-0.05, 0) is 30.6 Å². The summed E-state index contributed by atoms with van der Waals surface area (Å²) in [6, 6.07) is 0.472. The van der Waals surface area contributed by atoms with E-state index in [0.717, 1.165) is 17.8 Å². The third-order valence-electron chi connectivity index (χ3n) is 3.87. The minimum absolute atomic E-state index is 0.472. The van der Waals surface area contributed by atoms with Crippen molar-refractivity contribution in [1.82, 2.24) is 0 Å². The second-order valence-electron chi connectivity index (χ2n) is 4.83. The zero-order valence-corrected chi connectivity index (χ0v) is 9.42. The van der Waals surface area contributed by atoms with Gasteiger partial charge in [-0.15, -0.1) is 0 Å². The third kappa shape index (κ3) is 2.70. The zero-order valence-electron chi connectivity index (χ0n) is 9.42. The first-order valence-electron chi connectivity index (χ1n) is 5.94. The Hall–Kier alpha value is -0.0400. The lowest BCUT2D eigenvalue weighted by Crippen LogP contribution is -2.36. The molecule has 1 fully saturated rings. The molecule has 0 amide bonds. The van der Waals surface area contributed by atoms with E-state index in [4.69, 9.17) is 5.73 Å². The van der Waals surface area contributed by atoms with E-state index in [2.05, 4.69) is 20.8 Å². The van der Waals surface area contributed by atoms with Gasteiger partial charge in [0.1, 0.15) is 0 Å². The summed E-state index contributed by atoms with van der Waals surface area (Å²) >= 11 is 0. The maximum absolute atomic E-state index is 6.31. The van der Waals surface area contributed by atoms with E-state index in [1.54, 1.807) is 0 Å². The van der Waals surface area contributed by atoms with E-state index in [9.17, 15) is 0 Å². The molecule has 0 aromatic heterocycles. The summed E-state index contributed by atoms with van der Waals surface area (Å²) in [5.41, 5.74) is 6.31. The van der Waals surface area contributed by atoms with Crippen molar-refractivity contribution < 1.29 is 0 Å². The first kappa shape index (κ1) is 11.0. The number of hydrogen-bond donors (Lipinski definition) is 1. The van der Waals surface area contributed by atoms with Crippen LogP contribution in [-0.2, 0) is 0 Å². The molecule has 13 heavy (non-hydrogen) atoms. The Morgan fingerprint density at radius 1 is 1.23 bits per heavy atom. The molecule has 0 aromatic rings. The average Bonchev–Trinajstić information content (AvgIpc) is 2.54. The first-order chi connectivity index (χ1) is 6.19. The van der Waals surface area contributed by atoms with Crippen LogP contribution >= 0.6 is 0 Å². The zero-order chi connectivity index (χ0) is 9.84. The molecular weight excluding hydrogens is 158 g/mol. The average molecular weight is 183 g/mol.